The van der Waals surface area contributed by atoms with Gasteiger partial charge in [0.2, 0.25) is 5.91 Å². The summed E-state index contributed by atoms with van der Waals surface area (Å²) in [6, 6.07) is 12.3. The van der Waals surface area contributed by atoms with Crippen molar-refractivity contribution in [2.75, 3.05) is 30.0 Å². The molecule has 2 atom stereocenters. The summed E-state index contributed by atoms with van der Waals surface area (Å²) in [4.78, 5) is 21.8. The van der Waals surface area contributed by atoms with Crippen molar-refractivity contribution in [3.05, 3.63) is 65.9 Å². The average molecular weight is 592 g/mol. The normalized spacial score (nSPS) is 17.2. The standard InChI is InChI=1S/C30H33F4N3O5/c1-17-7-5-6-8-23(17)24-13-26(37-15-20(39)11-19(37)16-38)35-14-25(24)36(4)27(40)30(2,3)18-9-21(41-28(31)32)12-22(10-18)42-29(33)34/h5-10,12-14,19-20,28-29,38-39H,11,15-16H2,1-4H3. The number of anilines is 2. The third-order valence-electron chi connectivity index (χ3n) is 7.45. The number of nitrogens with zero attached hydrogens (tertiary/aromatic N) is 3. The van der Waals surface area contributed by atoms with E-state index in [4.69, 9.17) is 0 Å². The van der Waals surface area contributed by atoms with Crippen molar-refractivity contribution < 1.29 is 42.0 Å². The predicted octanol–water partition coefficient (Wildman–Crippen LogP) is 5.13. The zero-order valence-electron chi connectivity index (χ0n) is 23.6. The lowest BCUT2D eigenvalue weighted by molar-refractivity contribution is -0.122. The highest BCUT2D eigenvalue weighted by atomic mass is 19.3. The molecule has 0 radical (unpaired) electrons. The molecule has 1 fully saturated rings. The first-order valence-corrected chi connectivity index (χ1v) is 13.3. The maximum Gasteiger partial charge on any atom is 0.387 e. The van der Waals surface area contributed by atoms with E-state index in [9.17, 15) is 32.6 Å². The van der Waals surface area contributed by atoms with Crippen molar-refractivity contribution in [1.82, 2.24) is 4.98 Å². The summed E-state index contributed by atoms with van der Waals surface area (Å²) in [6.07, 6.45) is 1.28. The maximum absolute atomic E-state index is 14.0. The summed E-state index contributed by atoms with van der Waals surface area (Å²) in [5.74, 6) is -0.841. The molecule has 0 bridgehead atoms. The van der Waals surface area contributed by atoms with Gasteiger partial charge in [0.15, 0.2) is 0 Å². The molecule has 8 nitrogen and oxygen atoms in total. The van der Waals surface area contributed by atoms with E-state index in [-0.39, 0.29) is 24.8 Å². The monoisotopic (exact) mass is 591 g/mol. The summed E-state index contributed by atoms with van der Waals surface area (Å²) < 4.78 is 60.8. The number of benzene rings is 2. The van der Waals surface area contributed by atoms with Gasteiger partial charge in [-0.3, -0.25) is 4.79 Å². The Labute approximate surface area is 241 Å². The molecule has 0 aliphatic carbocycles. The van der Waals surface area contributed by atoms with Gasteiger partial charge < -0.3 is 29.5 Å². The van der Waals surface area contributed by atoms with E-state index >= 15 is 0 Å². The van der Waals surface area contributed by atoms with Crippen LogP contribution in [0.15, 0.2) is 54.7 Å². The Kier molecular flexibility index (Phi) is 9.27. The molecular weight excluding hydrogens is 558 g/mol. The second-order valence-corrected chi connectivity index (χ2v) is 10.7. The number of halogens is 4. The first-order valence-electron chi connectivity index (χ1n) is 13.3. The number of ether oxygens (including phenoxy) is 2. The highest BCUT2D eigenvalue weighted by molar-refractivity contribution is 6.03. The van der Waals surface area contributed by atoms with Crippen LogP contribution < -0.4 is 19.3 Å². The third-order valence-corrected chi connectivity index (χ3v) is 7.45. The van der Waals surface area contributed by atoms with Crippen LogP contribution in [0.3, 0.4) is 0 Å². The number of aryl methyl sites for hydroxylation is 1. The van der Waals surface area contributed by atoms with Crippen LogP contribution in [0.1, 0.15) is 31.4 Å². The van der Waals surface area contributed by atoms with Crippen LogP contribution in [-0.2, 0) is 10.2 Å². The molecule has 2 aromatic carbocycles. The average Bonchev–Trinajstić information content (AvgIpc) is 3.32. The van der Waals surface area contributed by atoms with Gasteiger partial charge in [0.25, 0.3) is 0 Å². The number of aliphatic hydroxyl groups is 2. The van der Waals surface area contributed by atoms with Crippen molar-refractivity contribution in [3.8, 4) is 22.6 Å². The van der Waals surface area contributed by atoms with Crippen LogP contribution in [0.4, 0.5) is 29.1 Å². The van der Waals surface area contributed by atoms with Crippen LogP contribution in [0.25, 0.3) is 11.1 Å². The number of hydrogen-bond donors (Lipinski definition) is 2. The largest absolute Gasteiger partial charge is 0.435 e. The predicted molar refractivity (Wildman–Crippen MR) is 149 cm³/mol. The molecular formula is C30H33F4N3O5. The SMILES string of the molecule is Cc1ccccc1-c1cc(N2CC(O)CC2CO)ncc1N(C)C(=O)C(C)(C)c1cc(OC(F)F)cc(OC(F)F)c1. The highest BCUT2D eigenvalue weighted by Gasteiger charge is 2.36. The lowest BCUT2D eigenvalue weighted by Gasteiger charge is -2.32. The molecule has 1 aromatic heterocycles. The number of hydrogen-bond acceptors (Lipinski definition) is 7. The molecule has 1 saturated heterocycles. The number of likely N-dealkylation sites (N-methyl/N-ethyl adjacent to an activating group) is 1. The highest BCUT2D eigenvalue weighted by Crippen LogP contribution is 2.39. The number of aliphatic hydroxyl groups excluding tert-OH is 2. The Hall–Kier alpha value is -3.90. The Morgan fingerprint density at radius 2 is 1.69 bits per heavy atom. The summed E-state index contributed by atoms with van der Waals surface area (Å²) in [7, 11) is 1.54. The molecule has 1 aliphatic heterocycles. The zero-order valence-corrected chi connectivity index (χ0v) is 23.6. The van der Waals surface area contributed by atoms with Crippen molar-refractivity contribution in [3.63, 3.8) is 0 Å². The molecule has 2 N–H and O–H groups in total. The third kappa shape index (κ3) is 6.60. The van der Waals surface area contributed by atoms with Crippen molar-refractivity contribution in [2.45, 2.75) is 58.0 Å². The van der Waals surface area contributed by atoms with Crippen LogP contribution in [0.2, 0.25) is 0 Å². The van der Waals surface area contributed by atoms with Crippen molar-refractivity contribution >= 4 is 17.4 Å². The second-order valence-electron chi connectivity index (χ2n) is 10.7. The van der Waals surface area contributed by atoms with Gasteiger partial charge in [-0.15, -0.1) is 0 Å². The Bertz CT molecular complexity index is 1390. The van der Waals surface area contributed by atoms with Crippen molar-refractivity contribution in [2.24, 2.45) is 0 Å². The van der Waals surface area contributed by atoms with Crippen LogP contribution in [-0.4, -0.2) is 66.7 Å². The van der Waals surface area contributed by atoms with Gasteiger partial charge in [-0.05, 0) is 62.1 Å². The molecule has 0 spiro atoms. The van der Waals surface area contributed by atoms with E-state index in [0.717, 1.165) is 17.2 Å². The minimum atomic E-state index is -3.22. The number of carbonyl (C=O) groups is 1. The number of carbonyl (C=O) groups excluding carboxylic acids is 1. The van der Waals surface area contributed by atoms with Gasteiger partial charge in [0.05, 0.1) is 36.1 Å². The van der Waals surface area contributed by atoms with Gasteiger partial charge in [-0.2, -0.15) is 17.6 Å². The Morgan fingerprint density at radius 1 is 1.07 bits per heavy atom. The fourth-order valence-corrected chi connectivity index (χ4v) is 5.22. The summed E-state index contributed by atoms with van der Waals surface area (Å²) in [5, 5.41) is 20.1. The van der Waals surface area contributed by atoms with E-state index in [1.165, 1.54) is 44.1 Å². The topological polar surface area (TPSA) is 95.4 Å². The van der Waals surface area contributed by atoms with E-state index in [1.807, 2.05) is 36.1 Å². The maximum atomic E-state index is 14.0. The quantitative estimate of drug-likeness (QED) is 0.316. The van der Waals surface area contributed by atoms with Gasteiger partial charge in [-0.25, -0.2) is 4.98 Å². The molecule has 1 aliphatic rings. The second kappa shape index (κ2) is 12.5. The molecule has 2 heterocycles. The molecule has 3 aromatic rings. The number of β-amino-alcohol motifs (C(OH)–C–C–N with tert-alkyl or cyclic N) is 1. The smallest absolute Gasteiger partial charge is 0.387 e. The molecule has 0 saturated carbocycles. The van der Waals surface area contributed by atoms with Gasteiger partial charge >= 0.3 is 13.2 Å². The molecule has 1 amide bonds. The van der Waals surface area contributed by atoms with E-state index < -0.39 is 42.1 Å². The lowest BCUT2D eigenvalue weighted by Crippen LogP contribution is -2.42. The fraction of sp³-hybridized carbons (Fsp3) is 0.400. The molecule has 226 valence electrons. The lowest BCUT2D eigenvalue weighted by atomic mass is 9.82. The van der Waals surface area contributed by atoms with E-state index in [0.29, 0.717) is 23.5 Å². The summed E-state index contributed by atoms with van der Waals surface area (Å²) in [6.45, 7) is -1.34. The van der Waals surface area contributed by atoms with E-state index in [1.54, 1.807) is 6.07 Å². The number of rotatable bonds is 10. The Balaban J connectivity index is 1.77. The van der Waals surface area contributed by atoms with Gasteiger partial charge in [-0.1, -0.05) is 24.3 Å². The van der Waals surface area contributed by atoms with Gasteiger partial charge in [0.1, 0.15) is 17.3 Å². The molecule has 42 heavy (non-hydrogen) atoms. The van der Waals surface area contributed by atoms with Crippen LogP contribution in [0.5, 0.6) is 11.5 Å². The first-order chi connectivity index (χ1) is 19.8. The molecule has 12 heteroatoms. The van der Waals surface area contributed by atoms with E-state index in [2.05, 4.69) is 14.5 Å². The minimum Gasteiger partial charge on any atom is -0.435 e. The van der Waals surface area contributed by atoms with Crippen LogP contribution in [0, 0.1) is 6.92 Å². The first kappa shape index (κ1) is 31.0. The summed E-state index contributed by atoms with van der Waals surface area (Å²) >= 11 is 0. The number of pyridine rings is 1. The molecule has 2 unspecified atom stereocenters. The summed E-state index contributed by atoms with van der Waals surface area (Å²) in [5.41, 5.74) is 1.51. The zero-order chi connectivity index (χ0) is 30.8. The minimum absolute atomic E-state index is 0.118. The number of alkyl halides is 4. The molecule has 4 rings (SSSR count). The fourth-order valence-electron chi connectivity index (χ4n) is 5.22. The number of amides is 1. The van der Waals surface area contributed by atoms with Crippen LogP contribution >= 0.6 is 0 Å². The van der Waals surface area contributed by atoms with Crippen molar-refractivity contribution in [1.29, 1.82) is 0 Å². The Morgan fingerprint density at radius 3 is 2.26 bits per heavy atom. The van der Waals surface area contributed by atoms with Gasteiger partial charge in [0, 0.05) is 25.2 Å². The number of aromatic nitrogens is 1.